The van der Waals surface area contributed by atoms with Gasteiger partial charge in [0.1, 0.15) is 9.46 Å². The van der Waals surface area contributed by atoms with Crippen LogP contribution in [0.5, 0.6) is 0 Å². The number of nitro benzene ring substituents is 1. The number of carbonyl (C=O) groups excluding carboxylic acids is 1. The Morgan fingerprint density at radius 3 is 2.30 bits per heavy atom. The number of nitrogens with one attached hydrogen (secondary N) is 1. The molecule has 0 spiro atoms. The van der Waals surface area contributed by atoms with E-state index in [2.05, 4.69) is 5.32 Å². The van der Waals surface area contributed by atoms with Gasteiger partial charge in [0.05, 0.1) is 4.92 Å². The van der Waals surface area contributed by atoms with Crippen LogP contribution in [0.25, 0.3) is 0 Å². The van der Waals surface area contributed by atoms with Gasteiger partial charge in [0.15, 0.2) is 9.84 Å². The van der Waals surface area contributed by atoms with E-state index >= 15 is 0 Å². The van der Waals surface area contributed by atoms with Crippen molar-refractivity contribution in [3.05, 3.63) is 79.8 Å². The third kappa shape index (κ3) is 4.24. The number of rotatable bonds is 7. The van der Waals surface area contributed by atoms with Crippen LogP contribution >= 0.6 is 22.7 Å². The molecular formula is C17H14N2O5S3. The number of non-ortho nitro benzene ring substituents is 1. The normalized spacial score (nSPS) is 12.4. The minimum atomic E-state index is -3.65. The van der Waals surface area contributed by atoms with Crippen molar-refractivity contribution in [1.82, 2.24) is 5.32 Å². The van der Waals surface area contributed by atoms with Gasteiger partial charge in [0.2, 0.25) is 0 Å². The Kier molecular flexibility index (Phi) is 5.68. The number of nitro groups is 1. The molecule has 0 saturated heterocycles. The first-order chi connectivity index (χ1) is 12.9. The molecule has 2 aromatic heterocycles. The maximum Gasteiger partial charge on any atom is 0.269 e. The lowest BCUT2D eigenvalue weighted by Crippen LogP contribution is -2.31. The van der Waals surface area contributed by atoms with E-state index in [4.69, 9.17) is 0 Å². The first kappa shape index (κ1) is 19.2. The Hall–Kier alpha value is -2.56. The lowest BCUT2D eigenvalue weighted by Gasteiger charge is -2.16. The van der Waals surface area contributed by atoms with Crippen molar-refractivity contribution < 1.29 is 18.1 Å². The van der Waals surface area contributed by atoms with Gasteiger partial charge in [0, 0.05) is 29.1 Å². The number of hydrogen-bond donors (Lipinski definition) is 1. The molecule has 1 N–H and O–H groups in total. The molecule has 1 amide bonds. The smallest absolute Gasteiger partial charge is 0.269 e. The van der Waals surface area contributed by atoms with Crippen molar-refractivity contribution in [3.63, 3.8) is 0 Å². The van der Waals surface area contributed by atoms with E-state index in [1.54, 1.807) is 35.0 Å². The summed E-state index contributed by atoms with van der Waals surface area (Å²) in [7, 11) is -3.65. The van der Waals surface area contributed by atoms with Crippen LogP contribution in [0.3, 0.4) is 0 Å². The molecular weight excluding hydrogens is 408 g/mol. The average molecular weight is 423 g/mol. The largest absolute Gasteiger partial charge is 0.350 e. The van der Waals surface area contributed by atoms with Crippen LogP contribution in [0.15, 0.2) is 63.5 Å². The molecule has 0 aliphatic heterocycles. The van der Waals surface area contributed by atoms with Gasteiger partial charge in [-0.05, 0) is 35.0 Å². The number of amides is 1. The summed E-state index contributed by atoms with van der Waals surface area (Å²) in [6.07, 6.45) is 0. The minimum absolute atomic E-state index is 0.101. The molecule has 0 saturated carbocycles. The Morgan fingerprint density at radius 2 is 1.74 bits per heavy atom. The van der Waals surface area contributed by atoms with Crippen LogP contribution in [0.4, 0.5) is 5.69 Å². The standard InChI is InChI=1S/C17H14N2O5S3/c20-17(12-5-7-13(8-6-12)19(21)22)18-11-15(14-3-1-9-25-14)27(23,24)16-4-2-10-26-16/h1-10,15H,11H2,(H,18,20)/t15-/m1/s1. The molecule has 3 aromatic rings. The molecule has 0 bridgehead atoms. The Labute approximate surface area is 163 Å². The molecule has 0 radical (unpaired) electrons. The summed E-state index contributed by atoms with van der Waals surface area (Å²) in [5.41, 5.74) is 0.0994. The second kappa shape index (κ2) is 7.99. The fourth-order valence-corrected chi connectivity index (χ4v) is 6.41. The van der Waals surface area contributed by atoms with Crippen molar-refractivity contribution >= 4 is 44.1 Å². The van der Waals surface area contributed by atoms with Gasteiger partial charge in [-0.15, -0.1) is 22.7 Å². The first-order valence-corrected chi connectivity index (χ1v) is 11.0. The molecule has 7 nitrogen and oxygen atoms in total. The van der Waals surface area contributed by atoms with Crippen LogP contribution in [0.1, 0.15) is 20.5 Å². The summed E-state index contributed by atoms with van der Waals surface area (Å²) >= 11 is 2.44. The van der Waals surface area contributed by atoms with Crippen molar-refractivity contribution in [3.8, 4) is 0 Å². The summed E-state index contributed by atoms with van der Waals surface area (Å²) < 4.78 is 26.1. The van der Waals surface area contributed by atoms with Crippen molar-refractivity contribution in [2.75, 3.05) is 6.54 Å². The van der Waals surface area contributed by atoms with E-state index in [1.807, 2.05) is 0 Å². The van der Waals surface area contributed by atoms with Gasteiger partial charge in [-0.3, -0.25) is 14.9 Å². The molecule has 2 heterocycles. The van der Waals surface area contributed by atoms with Crippen LogP contribution in [-0.2, 0) is 9.84 Å². The maximum atomic E-state index is 13.0. The number of sulfone groups is 1. The van der Waals surface area contributed by atoms with Gasteiger partial charge < -0.3 is 5.32 Å². The van der Waals surface area contributed by atoms with Gasteiger partial charge in [-0.2, -0.15) is 0 Å². The summed E-state index contributed by atoms with van der Waals surface area (Å²) in [6, 6.07) is 11.8. The van der Waals surface area contributed by atoms with Gasteiger partial charge in [-0.1, -0.05) is 12.1 Å². The van der Waals surface area contributed by atoms with Crippen molar-refractivity contribution in [1.29, 1.82) is 0 Å². The number of benzene rings is 1. The van der Waals surface area contributed by atoms with Gasteiger partial charge in [-0.25, -0.2) is 8.42 Å². The quantitative estimate of drug-likeness (QED) is 0.462. The summed E-state index contributed by atoms with van der Waals surface area (Å²) in [6.45, 7) is -0.101. The highest BCUT2D eigenvalue weighted by Gasteiger charge is 2.31. The number of nitrogens with zero attached hydrogens (tertiary/aromatic N) is 1. The molecule has 27 heavy (non-hydrogen) atoms. The molecule has 0 fully saturated rings. The predicted octanol–water partition coefficient (Wildman–Crippen LogP) is 3.66. The fraction of sp³-hybridized carbons (Fsp3) is 0.118. The maximum absolute atomic E-state index is 13.0. The van der Waals surface area contributed by atoms with Crippen LogP contribution < -0.4 is 5.32 Å². The highest BCUT2D eigenvalue weighted by molar-refractivity contribution is 7.93. The van der Waals surface area contributed by atoms with Crippen LogP contribution in [-0.4, -0.2) is 25.8 Å². The average Bonchev–Trinajstić information content (AvgIpc) is 3.36. The Balaban J connectivity index is 1.79. The van der Waals surface area contributed by atoms with E-state index < -0.39 is 25.9 Å². The zero-order chi connectivity index (χ0) is 19.4. The summed E-state index contributed by atoms with van der Waals surface area (Å²) in [4.78, 5) is 23.1. The lowest BCUT2D eigenvalue weighted by atomic mass is 10.2. The zero-order valence-electron chi connectivity index (χ0n) is 13.8. The molecule has 3 rings (SSSR count). The minimum Gasteiger partial charge on any atom is -0.350 e. The molecule has 0 unspecified atom stereocenters. The third-order valence-corrected chi connectivity index (χ3v) is 8.45. The van der Waals surface area contributed by atoms with Crippen LogP contribution in [0, 0.1) is 10.1 Å². The van der Waals surface area contributed by atoms with Gasteiger partial charge >= 0.3 is 0 Å². The van der Waals surface area contributed by atoms with Crippen molar-refractivity contribution in [2.24, 2.45) is 0 Å². The topological polar surface area (TPSA) is 106 Å². The van der Waals surface area contributed by atoms with E-state index in [1.165, 1.54) is 35.6 Å². The van der Waals surface area contributed by atoms with Gasteiger partial charge in [0.25, 0.3) is 11.6 Å². The highest BCUT2D eigenvalue weighted by atomic mass is 32.2. The molecule has 140 valence electrons. The Morgan fingerprint density at radius 1 is 1.07 bits per heavy atom. The number of carbonyl (C=O) groups is 1. The second-order valence-electron chi connectivity index (χ2n) is 5.50. The number of thiophene rings is 2. The molecule has 0 aliphatic carbocycles. The number of hydrogen-bond acceptors (Lipinski definition) is 7. The molecule has 0 aliphatic rings. The third-order valence-electron chi connectivity index (χ3n) is 3.80. The predicted molar refractivity (Wildman–Crippen MR) is 104 cm³/mol. The lowest BCUT2D eigenvalue weighted by molar-refractivity contribution is -0.384. The molecule has 1 aromatic carbocycles. The van der Waals surface area contributed by atoms with E-state index in [0.29, 0.717) is 4.88 Å². The first-order valence-electron chi connectivity index (χ1n) is 7.73. The monoisotopic (exact) mass is 422 g/mol. The zero-order valence-corrected chi connectivity index (χ0v) is 16.2. The highest BCUT2D eigenvalue weighted by Crippen LogP contribution is 2.33. The molecule has 10 heteroatoms. The second-order valence-corrected chi connectivity index (χ2v) is 9.78. The summed E-state index contributed by atoms with van der Waals surface area (Å²) in [5, 5.41) is 15.9. The fourth-order valence-electron chi connectivity index (χ4n) is 2.43. The van der Waals surface area contributed by atoms with E-state index in [0.717, 1.165) is 11.3 Å². The van der Waals surface area contributed by atoms with E-state index in [9.17, 15) is 23.3 Å². The summed E-state index contributed by atoms with van der Waals surface area (Å²) in [5.74, 6) is -0.493. The SMILES string of the molecule is O=C(NC[C@H](c1cccs1)S(=O)(=O)c1cccs1)c1ccc([N+](=O)[O-])cc1. The van der Waals surface area contributed by atoms with Crippen LogP contribution in [0.2, 0.25) is 0 Å². The Bertz CT molecular complexity index is 1030. The van der Waals surface area contributed by atoms with Crippen molar-refractivity contribution in [2.45, 2.75) is 9.46 Å². The van der Waals surface area contributed by atoms with E-state index in [-0.39, 0.29) is 22.0 Å². The molecule has 1 atom stereocenters.